The van der Waals surface area contributed by atoms with E-state index in [1.54, 1.807) is 0 Å². The van der Waals surface area contributed by atoms with Crippen LogP contribution in [0.15, 0.2) is 0 Å². The third-order valence-corrected chi connectivity index (χ3v) is 1.70. The van der Waals surface area contributed by atoms with Crippen molar-refractivity contribution in [3.8, 4) is 0 Å². The maximum absolute atomic E-state index is 12.4. The Bertz CT molecular complexity index is 281. The minimum Gasteiger partial charge on any atom is -0.340 e. The molecule has 1 amide bonds. The molecule has 0 aromatic carbocycles. The monoisotopic (exact) mass is 273 g/mol. The quantitative estimate of drug-likeness (QED) is 0.724. The first-order chi connectivity index (χ1) is 7.29. The van der Waals surface area contributed by atoms with Crippen molar-refractivity contribution >= 4 is 5.91 Å². The van der Waals surface area contributed by atoms with E-state index in [2.05, 4.69) is 0 Å². The molecule has 102 valence electrons. The van der Waals surface area contributed by atoms with E-state index in [0.29, 0.717) is 7.05 Å². The summed E-state index contributed by atoms with van der Waals surface area (Å²) in [5.74, 6) is -8.40. The molecule has 17 heavy (non-hydrogen) atoms. The van der Waals surface area contributed by atoms with Crippen LogP contribution in [0.25, 0.3) is 0 Å². The van der Waals surface area contributed by atoms with Crippen molar-refractivity contribution in [3.63, 3.8) is 0 Å². The highest BCUT2D eigenvalue weighted by Gasteiger charge is 2.64. The van der Waals surface area contributed by atoms with E-state index in [-0.39, 0.29) is 4.90 Å². The number of nitrogens with zero attached hydrogens (tertiary/aromatic N) is 1. The predicted octanol–water partition coefficient (Wildman–Crippen LogP) is 2.59. The molecule has 0 saturated heterocycles. The summed E-state index contributed by atoms with van der Waals surface area (Å²) in [6.07, 6.45) is -12.5. The average molecular weight is 273 g/mol. The van der Waals surface area contributed by atoms with Gasteiger partial charge in [0.1, 0.15) is 0 Å². The van der Waals surface area contributed by atoms with Gasteiger partial charge >= 0.3 is 24.2 Å². The van der Waals surface area contributed by atoms with Gasteiger partial charge in [0.15, 0.2) is 0 Å². The number of carbonyl (C=O) groups excluding carboxylic acids is 1. The summed E-state index contributed by atoms with van der Waals surface area (Å²) in [7, 11) is 0.438. The Labute approximate surface area is 90.2 Å². The standard InChI is InChI=1S/C7H7F8NO/c1-16(3-2-5(8,9)10)4(17)6(11,12)7(13,14)15/h2-3H2,1H3. The Hall–Kier alpha value is -1.09. The van der Waals surface area contributed by atoms with E-state index < -0.39 is 37.1 Å². The summed E-state index contributed by atoms with van der Waals surface area (Å²) in [5, 5.41) is 0. The molecule has 0 heterocycles. The minimum absolute atomic E-state index is 0.305. The van der Waals surface area contributed by atoms with Crippen molar-refractivity contribution in [1.82, 2.24) is 4.90 Å². The van der Waals surface area contributed by atoms with E-state index in [4.69, 9.17) is 0 Å². The van der Waals surface area contributed by atoms with Crippen LogP contribution in [-0.4, -0.2) is 42.7 Å². The maximum Gasteiger partial charge on any atom is 0.463 e. The molecule has 0 N–H and O–H groups in total. The fraction of sp³-hybridized carbons (Fsp3) is 0.857. The molecule has 0 unspecified atom stereocenters. The summed E-state index contributed by atoms with van der Waals surface area (Å²) in [6.45, 7) is -1.27. The normalized spacial score (nSPS) is 13.7. The van der Waals surface area contributed by atoms with Gasteiger partial charge in [-0.25, -0.2) is 0 Å². The first kappa shape index (κ1) is 15.9. The fourth-order valence-corrected chi connectivity index (χ4v) is 0.757. The largest absolute Gasteiger partial charge is 0.463 e. The van der Waals surface area contributed by atoms with Gasteiger partial charge < -0.3 is 4.90 Å². The Balaban J connectivity index is 4.62. The number of alkyl halides is 8. The number of hydrogen-bond acceptors (Lipinski definition) is 1. The maximum atomic E-state index is 12.4. The van der Waals surface area contributed by atoms with Crippen LogP contribution in [0.5, 0.6) is 0 Å². The third kappa shape index (κ3) is 4.35. The second kappa shape index (κ2) is 4.65. The minimum atomic E-state index is -6.13. The fourth-order valence-electron chi connectivity index (χ4n) is 0.757. The lowest BCUT2D eigenvalue weighted by Crippen LogP contribution is -2.51. The Morgan fingerprint density at radius 2 is 1.41 bits per heavy atom. The average Bonchev–Trinajstić information content (AvgIpc) is 2.09. The van der Waals surface area contributed by atoms with Gasteiger partial charge in [-0.15, -0.1) is 0 Å². The molecule has 0 aliphatic rings. The highest BCUT2D eigenvalue weighted by molar-refractivity contribution is 5.84. The Kier molecular flexibility index (Phi) is 4.35. The smallest absolute Gasteiger partial charge is 0.340 e. The van der Waals surface area contributed by atoms with Crippen molar-refractivity contribution in [1.29, 1.82) is 0 Å². The molecule has 0 aliphatic heterocycles. The SMILES string of the molecule is CN(CCC(F)(F)F)C(=O)C(F)(F)C(F)(F)F. The molecule has 0 atom stereocenters. The number of halogens is 8. The van der Waals surface area contributed by atoms with Gasteiger partial charge in [-0.1, -0.05) is 0 Å². The summed E-state index contributed by atoms with van der Waals surface area (Å²) in [5.41, 5.74) is 0. The van der Waals surface area contributed by atoms with Gasteiger partial charge in [0.25, 0.3) is 0 Å². The van der Waals surface area contributed by atoms with Gasteiger partial charge in [0.05, 0.1) is 6.42 Å². The van der Waals surface area contributed by atoms with Crippen molar-refractivity contribution < 1.29 is 39.9 Å². The molecule has 0 rings (SSSR count). The number of amides is 1. The lowest BCUT2D eigenvalue weighted by molar-refractivity contribution is -0.274. The van der Waals surface area contributed by atoms with Gasteiger partial charge in [-0.05, 0) is 0 Å². The zero-order chi connectivity index (χ0) is 14.1. The van der Waals surface area contributed by atoms with E-state index >= 15 is 0 Å². The van der Waals surface area contributed by atoms with Gasteiger partial charge in [-0.2, -0.15) is 35.1 Å². The molecule has 0 spiro atoms. The molecule has 0 aromatic heterocycles. The van der Waals surface area contributed by atoms with Crippen LogP contribution >= 0.6 is 0 Å². The molecule has 0 bridgehead atoms. The highest BCUT2D eigenvalue weighted by atomic mass is 19.4. The van der Waals surface area contributed by atoms with Crippen LogP contribution < -0.4 is 0 Å². The first-order valence-corrected chi connectivity index (χ1v) is 4.06. The molecule has 0 aliphatic carbocycles. The van der Waals surface area contributed by atoms with E-state index in [1.165, 1.54) is 0 Å². The second-order valence-electron chi connectivity index (χ2n) is 3.16. The number of hydrogen-bond donors (Lipinski definition) is 0. The lowest BCUT2D eigenvalue weighted by atomic mass is 10.2. The topological polar surface area (TPSA) is 20.3 Å². The van der Waals surface area contributed by atoms with Gasteiger partial charge in [0.2, 0.25) is 0 Å². The summed E-state index contributed by atoms with van der Waals surface area (Å²) in [6, 6.07) is 0. The van der Waals surface area contributed by atoms with Crippen molar-refractivity contribution in [2.45, 2.75) is 24.7 Å². The zero-order valence-electron chi connectivity index (χ0n) is 8.29. The predicted molar refractivity (Wildman–Crippen MR) is 39.3 cm³/mol. The summed E-state index contributed by atoms with van der Waals surface area (Å²) < 4.78 is 94.9. The molecule has 0 fully saturated rings. The number of carbonyl (C=O) groups is 1. The van der Waals surface area contributed by atoms with Crippen molar-refractivity contribution in [2.24, 2.45) is 0 Å². The van der Waals surface area contributed by atoms with Crippen LogP contribution in [0.4, 0.5) is 35.1 Å². The molecular formula is C7H7F8NO. The molecule has 0 aromatic rings. The molecule has 2 nitrogen and oxygen atoms in total. The van der Waals surface area contributed by atoms with Crippen molar-refractivity contribution in [2.75, 3.05) is 13.6 Å². The molecule has 0 saturated carbocycles. The van der Waals surface area contributed by atoms with Gasteiger partial charge in [0, 0.05) is 13.6 Å². The Morgan fingerprint density at radius 3 is 1.71 bits per heavy atom. The van der Waals surface area contributed by atoms with Crippen LogP contribution in [0.3, 0.4) is 0 Å². The zero-order valence-corrected chi connectivity index (χ0v) is 8.29. The van der Waals surface area contributed by atoms with Crippen LogP contribution in [-0.2, 0) is 4.79 Å². The van der Waals surface area contributed by atoms with Crippen LogP contribution in [0, 0.1) is 0 Å². The highest BCUT2D eigenvalue weighted by Crippen LogP contribution is 2.36. The van der Waals surface area contributed by atoms with Gasteiger partial charge in [-0.3, -0.25) is 4.79 Å². The number of rotatable bonds is 3. The second-order valence-corrected chi connectivity index (χ2v) is 3.16. The Morgan fingerprint density at radius 1 is 1.00 bits per heavy atom. The third-order valence-electron chi connectivity index (χ3n) is 1.70. The van der Waals surface area contributed by atoms with E-state index in [0.717, 1.165) is 0 Å². The molecule has 0 radical (unpaired) electrons. The summed E-state index contributed by atoms with van der Waals surface area (Å²) in [4.78, 5) is 10.3. The van der Waals surface area contributed by atoms with Crippen LogP contribution in [0.1, 0.15) is 6.42 Å². The van der Waals surface area contributed by atoms with Crippen molar-refractivity contribution in [3.05, 3.63) is 0 Å². The lowest BCUT2D eigenvalue weighted by Gasteiger charge is -2.25. The van der Waals surface area contributed by atoms with E-state index in [9.17, 15) is 39.9 Å². The first-order valence-electron chi connectivity index (χ1n) is 4.06. The summed E-state index contributed by atoms with van der Waals surface area (Å²) >= 11 is 0. The van der Waals surface area contributed by atoms with E-state index in [1.807, 2.05) is 0 Å². The molecule has 10 heteroatoms. The van der Waals surface area contributed by atoms with Crippen LogP contribution in [0.2, 0.25) is 0 Å². The molecular weight excluding hydrogens is 266 g/mol.